The second-order valence-electron chi connectivity index (χ2n) is 3.95. The van der Waals surface area contributed by atoms with Gasteiger partial charge in [0.2, 0.25) is 0 Å². The average molecular weight is 245 g/mol. The van der Waals surface area contributed by atoms with Crippen LogP contribution in [0.4, 0.5) is 0 Å². The lowest BCUT2D eigenvalue weighted by Crippen LogP contribution is -2.32. The molecule has 0 spiro atoms. The SMILES string of the molecule is CCCCCCN=C(N)NCCCCSC. The second-order valence-corrected chi connectivity index (χ2v) is 4.94. The minimum Gasteiger partial charge on any atom is -0.370 e. The molecule has 0 aliphatic carbocycles. The predicted octanol–water partition coefficient (Wildman–Crippen LogP) is 2.61. The van der Waals surface area contributed by atoms with Crippen LogP contribution >= 0.6 is 11.8 Å². The molecule has 0 amide bonds. The van der Waals surface area contributed by atoms with Gasteiger partial charge in [0, 0.05) is 13.1 Å². The first kappa shape index (κ1) is 15.6. The molecule has 0 saturated heterocycles. The van der Waals surface area contributed by atoms with Gasteiger partial charge in [-0.1, -0.05) is 26.2 Å². The molecule has 4 heteroatoms. The van der Waals surface area contributed by atoms with Crippen LogP contribution in [0.15, 0.2) is 4.99 Å². The van der Waals surface area contributed by atoms with E-state index in [0.29, 0.717) is 5.96 Å². The van der Waals surface area contributed by atoms with Crippen molar-refractivity contribution in [1.82, 2.24) is 5.32 Å². The van der Waals surface area contributed by atoms with Gasteiger partial charge in [0.05, 0.1) is 0 Å². The molecule has 0 fully saturated rings. The number of unbranched alkanes of at least 4 members (excludes halogenated alkanes) is 4. The highest BCUT2D eigenvalue weighted by atomic mass is 32.2. The van der Waals surface area contributed by atoms with Crippen LogP contribution in [0, 0.1) is 0 Å². The second kappa shape index (κ2) is 12.7. The van der Waals surface area contributed by atoms with E-state index in [9.17, 15) is 0 Å². The Hall–Kier alpha value is -0.380. The highest BCUT2D eigenvalue weighted by molar-refractivity contribution is 7.98. The maximum absolute atomic E-state index is 5.74. The molecule has 0 aliphatic heterocycles. The molecule has 16 heavy (non-hydrogen) atoms. The van der Waals surface area contributed by atoms with E-state index in [-0.39, 0.29) is 0 Å². The van der Waals surface area contributed by atoms with Crippen molar-refractivity contribution in [2.45, 2.75) is 45.4 Å². The molecule has 0 radical (unpaired) electrons. The van der Waals surface area contributed by atoms with E-state index in [1.165, 1.54) is 37.9 Å². The normalized spacial score (nSPS) is 11.8. The van der Waals surface area contributed by atoms with Gasteiger partial charge in [0.15, 0.2) is 5.96 Å². The van der Waals surface area contributed by atoms with E-state index >= 15 is 0 Å². The van der Waals surface area contributed by atoms with Gasteiger partial charge in [-0.3, -0.25) is 4.99 Å². The lowest BCUT2D eigenvalue weighted by atomic mass is 10.2. The van der Waals surface area contributed by atoms with Crippen molar-refractivity contribution in [3.63, 3.8) is 0 Å². The van der Waals surface area contributed by atoms with Crippen LogP contribution in [0.1, 0.15) is 45.4 Å². The fourth-order valence-electron chi connectivity index (χ4n) is 1.38. The molecule has 0 unspecified atom stereocenters. The molecule has 0 aromatic carbocycles. The summed E-state index contributed by atoms with van der Waals surface area (Å²) in [5.41, 5.74) is 5.74. The summed E-state index contributed by atoms with van der Waals surface area (Å²) in [6, 6.07) is 0. The number of thioether (sulfide) groups is 1. The van der Waals surface area contributed by atoms with Crippen molar-refractivity contribution in [1.29, 1.82) is 0 Å². The molecule has 0 saturated carbocycles. The highest BCUT2D eigenvalue weighted by Crippen LogP contribution is 1.99. The van der Waals surface area contributed by atoms with Crippen LogP contribution in [0.5, 0.6) is 0 Å². The third-order valence-corrected chi connectivity index (χ3v) is 3.07. The number of hydrogen-bond acceptors (Lipinski definition) is 2. The molecule has 0 bridgehead atoms. The monoisotopic (exact) mass is 245 g/mol. The van der Waals surface area contributed by atoms with E-state index in [1.54, 1.807) is 0 Å². The smallest absolute Gasteiger partial charge is 0.188 e. The van der Waals surface area contributed by atoms with Gasteiger partial charge in [0.1, 0.15) is 0 Å². The topological polar surface area (TPSA) is 50.4 Å². The number of nitrogens with zero attached hydrogens (tertiary/aromatic N) is 1. The molecule has 0 heterocycles. The third-order valence-electron chi connectivity index (χ3n) is 2.38. The number of guanidine groups is 1. The first-order valence-electron chi connectivity index (χ1n) is 6.34. The summed E-state index contributed by atoms with van der Waals surface area (Å²) >= 11 is 1.89. The number of nitrogens with two attached hydrogens (primary N) is 1. The van der Waals surface area contributed by atoms with E-state index in [0.717, 1.165) is 19.5 Å². The maximum atomic E-state index is 5.74. The largest absolute Gasteiger partial charge is 0.370 e. The zero-order chi connectivity index (χ0) is 12.1. The molecule has 0 aromatic rings. The van der Waals surface area contributed by atoms with Crippen LogP contribution in [0.2, 0.25) is 0 Å². The Bertz CT molecular complexity index is 172. The summed E-state index contributed by atoms with van der Waals surface area (Å²) in [5.74, 6) is 1.84. The van der Waals surface area contributed by atoms with Crippen molar-refractivity contribution in [3.8, 4) is 0 Å². The van der Waals surface area contributed by atoms with Gasteiger partial charge in [-0.25, -0.2) is 0 Å². The highest BCUT2D eigenvalue weighted by Gasteiger charge is 1.92. The Kier molecular flexibility index (Phi) is 12.4. The molecule has 0 rings (SSSR count). The van der Waals surface area contributed by atoms with Crippen LogP contribution in [0.3, 0.4) is 0 Å². The Labute approximate surface area is 105 Å². The van der Waals surface area contributed by atoms with Crippen molar-refractivity contribution in [2.24, 2.45) is 10.7 Å². The van der Waals surface area contributed by atoms with Gasteiger partial charge in [0.25, 0.3) is 0 Å². The summed E-state index contributed by atoms with van der Waals surface area (Å²) in [4.78, 5) is 4.29. The summed E-state index contributed by atoms with van der Waals surface area (Å²) < 4.78 is 0. The van der Waals surface area contributed by atoms with E-state index < -0.39 is 0 Å². The van der Waals surface area contributed by atoms with Crippen molar-refractivity contribution in [2.75, 3.05) is 25.1 Å². The maximum Gasteiger partial charge on any atom is 0.188 e. The molecular formula is C12H27N3S. The van der Waals surface area contributed by atoms with Gasteiger partial charge >= 0.3 is 0 Å². The zero-order valence-corrected chi connectivity index (χ0v) is 11.6. The van der Waals surface area contributed by atoms with E-state index in [4.69, 9.17) is 5.73 Å². The average Bonchev–Trinajstić information content (AvgIpc) is 2.28. The summed E-state index contributed by atoms with van der Waals surface area (Å²) in [6.45, 7) is 4.03. The van der Waals surface area contributed by atoms with Crippen molar-refractivity contribution < 1.29 is 0 Å². The number of hydrogen-bond donors (Lipinski definition) is 2. The summed E-state index contributed by atoms with van der Waals surface area (Å²) in [7, 11) is 0. The molecular weight excluding hydrogens is 218 g/mol. The Morgan fingerprint density at radius 1 is 1.19 bits per heavy atom. The molecule has 0 atom stereocenters. The molecule has 96 valence electrons. The minimum absolute atomic E-state index is 0.612. The Balaban J connectivity index is 3.27. The van der Waals surface area contributed by atoms with Crippen LogP contribution < -0.4 is 11.1 Å². The number of rotatable bonds is 10. The van der Waals surface area contributed by atoms with Crippen LogP contribution in [0.25, 0.3) is 0 Å². The van der Waals surface area contributed by atoms with Gasteiger partial charge in [-0.05, 0) is 31.3 Å². The quantitative estimate of drug-likeness (QED) is 0.353. The lowest BCUT2D eigenvalue weighted by Gasteiger charge is -2.04. The molecule has 0 aromatic heterocycles. The number of nitrogens with one attached hydrogen (secondary N) is 1. The number of aliphatic imine (C=N–C) groups is 1. The first-order chi connectivity index (χ1) is 7.81. The van der Waals surface area contributed by atoms with Crippen molar-refractivity contribution >= 4 is 17.7 Å². The van der Waals surface area contributed by atoms with Crippen LogP contribution in [-0.2, 0) is 0 Å². The standard InChI is InChI=1S/C12H27N3S/c1-3-4-5-6-9-14-12(13)15-10-7-8-11-16-2/h3-11H2,1-2H3,(H3,13,14,15). The fraction of sp³-hybridized carbons (Fsp3) is 0.917. The lowest BCUT2D eigenvalue weighted by molar-refractivity contribution is 0.672. The Morgan fingerprint density at radius 3 is 2.69 bits per heavy atom. The molecule has 3 nitrogen and oxygen atoms in total. The van der Waals surface area contributed by atoms with Crippen molar-refractivity contribution in [3.05, 3.63) is 0 Å². The summed E-state index contributed by atoms with van der Waals surface area (Å²) in [5, 5.41) is 3.15. The van der Waals surface area contributed by atoms with E-state index in [1.807, 2.05) is 11.8 Å². The summed E-state index contributed by atoms with van der Waals surface area (Å²) in [6.07, 6.45) is 9.55. The zero-order valence-electron chi connectivity index (χ0n) is 10.8. The van der Waals surface area contributed by atoms with Crippen LogP contribution in [-0.4, -0.2) is 31.1 Å². The molecule has 0 aliphatic rings. The first-order valence-corrected chi connectivity index (χ1v) is 7.73. The third kappa shape index (κ3) is 11.7. The fourth-order valence-corrected chi connectivity index (χ4v) is 1.87. The minimum atomic E-state index is 0.612. The Morgan fingerprint density at radius 2 is 2.00 bits per heavy atom. The van der Waals surface area contributed by atoms with Gasteiger partial charge < -0.3 is 11.1 Å². The van der Waals surface area contributed by atoms with Gasteiger partial charge in [-0.15, -0.1) is 0 Å². The molecule has 3 N–H and O–H groups in total. The predicted molar refractivity (Wildman–Crippen MR) is 76.3 cm³/mol. The van der Waals surface area contributed by atoms with Gasteiger partial charge in [-0.2, -0.15) is 11.8 Å². The van der Waals surface area contributed by atoms with E-state index in [2.05, 4.69) is 23.5 Å².